The number of aromatic nitrogens is 4. The molecule has 3 aromatic rings. The van der Waals surface area contributed by atoms with Crippen LogP contribution in [0.25, 0.3) is 0 Å². The second kappa shape index (κ2) is 16.1. The monoisotopic (exact) mass is 839 g/mol. The number of anilines is 1. The molecule has 8 atom stereocenters. The third kappa shape index (κ3) is 9.30. The average Bonchev–Trinajstić information content (AvgIpc) is 3.61. The first-order valence-corrected chi connectivity index (χ1v) is 26.4. The van der Waals surface area contributed by atoms with Gasteiger partial charge in [-0.25, -0.2) is 14.2 Å². The number of aliphatic hydroxyl groups excluding tert-OH is 1. The zero-order valence-corrected chi connectivity index (χ0v) is 35.5. The predicted octanol–water partition coefficient (Wildman–Crippen LogP) is 3.81. The zero-order valence-electron chi connectivity index (χ0n) is 32.6. The highest BCUT2D eigenvalue weighted by molar-refractivity contribution is 7.47. The topological polar surface area (TPSA) is 234 Å². The van der Waals surface area contributed by atoms with Gasteiger partial charge in [0.25, 0.3) is 11.5 Å². The van der Waals surface area contributed by atoms with Crippen molar-refractivity contribution in [3.05, 3.63) is 91.5 Å². The zero-order chi connectivity index (χ0) is 41.6. The van der Waals surface area contributed by atoms with Crippen LogP contribution in [0.2, 0.25) is 49.4 Å². The molecule has 5 rings (SSSR count). The highest BCUT2D eigenvalue weighted by Gasteiger charge is 2.65. The minimum absolute atomic E-state index is 0.00691. The number of amides is 1. The Hall–Kier alpha value is -3.44. The summed E-state index contributed by atoms with van der Waals surface area (Å²) in [6, 6.07) is 10.1. The van der Waals surface area contributed by atoms with E-state index in [0.717, 1.165) is 4.57 Å². The van der Waals surface area contributed by atoms with E-state index in [1.165, 1.54) is 16.8 Å². The number of aromatic amines is 1. The molecule has 0 radical (unpaired) electrons. The normalized spacial score (nSPS) is 26.9. The van der Waals surface area contributed by atoms with Crippen LogP contribution in [-0.2, 0) is 23.1 Å². The third-order valence-corrected chi connectivity index (χ3v) is 19.7. The smallest absolute Gasteiger partial charge is 0.394 e. The summed E-state index contributed by atoms with van der Waals surface area (Å²) in [5.41, 5.74) is -5.00. The van der Waals surface area contributed by atoms with Crippen LogP contribution in [0.4, 0.5) is 10.2 Å². The Labute approximate surface area is 324 Å². The van der Waals surface area contributed by atoms with Crippen molar-refractivity contribution in [2.24, 2.45) is 0 Å². The highest BCUT2D eigenvalue weighted by Crippen LogP contribution is 2.61. The Morgan fingerprint density at radius 1 is 1.11 bits per heavy atom. The first-order chi connectivity index (χ1) is 25.9. The van der Waals surface area contributed by atoms with Crippen molar-refractivity contribution in [2.75, 3.05) is 18.5 Å². The maximum Gasteiger partial charge on any atom is 0.472 e. The summed E-state index contributed by atoms with van der Waals surface area (Å²) in [6.07, 6.45) is -4.44. The van der Waals surface area contributed by atoms with Crippen molar-refractivity contribution < 1.29 is 47.4 Å². The molecule has 1 aromatic carbocycles. The van der Waals surface area contributed by atoms with Crippen LogP contribution in [-0.4, -0.2) is 93.4 Å². The SMILES string of the molecule is CC(C)(C)[Si](C)(C)C1[C@@H](n2ccc(NC(=O)c3ccccc3)nc2=O)O[C@@H](COP(=O)(O)OC2C[C@H](n3cc(F)c(=O)[nH]c3=O)O[C@@H]2CO)C1(O)C[Si](C)(C)C. The van der Waals surface area contributed by atoms with Gasteiger partial charge in [-0.05, 0) is 29.3 Å². The summed E-state index contributed by atoms with van der Waals surface area (Å²) in [6.45, 7) is 15.1. The summed E-state index contributed by atoms with van der Waals surface area (Å²) in [5.74, 6) is -1.73. The quantitative estimate of drug-likeness (QED) is 0.122. The van der Waals surface area contributed by atoms with Crippen LogP contribution in [0.1, 0.15) is 50.0 Å². The number of carbonyl (C=O) groups excluding carboxylic acids is 1. The Bertz CT molecular complexity index is 2140. The van der Waals surface area contributed by atoms with Crippen LogP contribution in [0.5, 0.6) is 0 Å². The molecule has 5 N–H and O–H groups in total. The largest absolute Gasteiger partial charge is 0.472 e. The van der Waals surface area contributed by atoms with Gasteiger partial charge in [0, 0.05) is 31.8 Å². The fourth-order valence-corrected chi connectivity index (χ4v) is 14.1. The number of aliphatic hydroxyl groups is 2. The molecular weight excluding hydrogens is 789 g/mol. The molecule has 4 heterocycles. The lowest BCUT2D eigenvalue weighted by atomic mass is 9.96. The van der Waals surface area contributed by atoms with Gasteiger partial charge in [-0.1, -0.05) is 71.7 Å². The van der Waals surface area contributed by atoms with Crippen LogP contribution >= 0.6 is 7.82 Å². The van der Waals surface area contributed by atoms with Crippen LogP contribution < -0.4 is 22.3 Å². The molecule has 0 saturated carbocycles. The van der Waals surface area contributed by atoms with Gasteiger partial charge in [-0.2, -0.15) is 9.37 Å². The first kappa shape index (κ1) is 43.7. The van der Waals surface area contributed by atoms with Gasteiger partial charge in [0.05, 0.1) is 33.1 Å². The number of nitrogens with one attached hydrogen (secondary N) is 2. The Balaban J connectivity index is 1.44. The Kier molecular flexibility index (Phi) is 12.5. The van der Waals surface area contributed by atoms with Crippen LogP contribution in [0.15, 0.2) is 63.2 Å². The molecule has 0 spiro atoms. The molecular formula is C35H51FN5O12PSi2. The van der Waals surface area contributed by atoms with Gasteiger partial charge in [0.15, 0.2) is 0 Å². The molecule has 21 heteroatoms. The second-order valence-electron chi connectivity index (χ2n) is 17.1. The van der Waals surface area contributed by atoms with E-state index in [-0.39, 0.29) is 23.3 Å². The number of benzene rings is 1. The number of rotatable bonds is 13. The molecule has 2 saturated heterocycles. The average molecular weight is 840 g/mol. The Morgan fingerprint density at radius 2 is 1.77 bits per heavy atom. The summed E-state index contributed by atoms with van der Waals surface area (Å²) in [7, 11) is -9.95. The lowest BCUT2D eigenvalue weighted by Crippen LogP contribution is -2.58. The number of halogens is 1. The second-order valence-corrected chi connectivity index (χ2v) is 29.6. The number of hydrogen-bond acceptors (Lipinski definition) is 12. The summed E-state index contributed by atoms with van der Waals surface area (Å²) in [4.78, 5) is 67.4. The van der Waals surface area contributed by atoms with Gasteiger partial charge < -0.3 is 29.9 Å². The number of nitrogens with zero attached hydrogens (tertiary/aromatic N) is 3. The maximum absolute atomic E-state index is 14.0. The number of carbonyl (C=O) groups is 1. The number of H-pyrrole nitrogens is 1. The summed E-state index contributed by atoms with van der Waals surface area (Å²) < 4.78 is 52.7. The third-order valence-electron chi connectivity index (χ3n) is 10.8. The van der Waals surface area contributed by atoms with Crippen molar-refractivity contribution >= 4 is 35.7 Å². The predicted molar refractivity (Wildman–Crippen MR) is 208 cm³/mol. The number of ether oxygens (including phenoxy) is 2. The molecule has 2 fully saturated rings. The van der Waals surface area contributed by atoms with Gasteiger partial charge in [0.2, 0.25) is 5.82 Å². The Morgan fingerprint density at radius 3 is 2.36 bits per heavy atom. The molecule has 17 nitrogen and oxygen atoms in total. The lowest BCUT2D eigenvalue weighted by Gasteiger charge is -2.50. The van der Waals surface area contributed by atoms with E-state index in [1.807, 2.05) is 0 Å². The highest BCUT2D eigenvalue weighted by atomic mass is 31.2. The minimum atomic E-state index is -5.04. The molecule has 2 aromatic heterocycles. The van der Waals surface area contributed by atoms with Gasteiger partial charge in [-0.3, -0.25) is 32.8 Å². The van der Waals surface area contributed by atoms with E-state index in [0.29, 0.717) is 11.8 Å². The molecule has 2 aliphatic rings. The fraction of sp³-hybridized carbons (Fsp3) is 0.571. The lowest BCUT2D eigenvalue weighted by molar-refractivity contribution is -0.0789. The van der Waals surface area contributed by atoms with E-state index >= 15 is 0 Å². The molecule has 4 unspecified atom stereocenters. The fourth-order valence-electron chi connectivity index (χ4n) is 7.38. The molecule has 2 aliphatic heterocycles. The van der Waals surface area contributed by atoms with E-state index in [1.54, 1.807) is 35.3 Å². The molecule has 56 heavy (non-hydrogen) atoms. The maximum atomic E-state index is 14.0. The number of phosphoric ester groups is 1. The van der Waals surface area contributed by atoms with E-state index < -0.39 is 108 Å². The van der Waals surface area contributed by atoms with Crippen molar-refractivity contribution in [1.29, 1.82) is 0 Å². The van der Waals surface area contributed by atoms with Gasteiger partial charge in [-0.15, -0.1) is 0 Å². The number of phosphoric acid groups is 1. The van der Waals surface area contributed by atoms with Crippen LogP contribution in [0, 0.1) is 5.82 Å². The standard InChI is InChI=1S/C35H51FN5O12PSi2/c1-34(2,3)56(7,8)28-31(40-15-14-26(38-32(40)45)37-29(43)21-12-10-9-11-13-21)52-25(35(28,47)20-55(4,5)6)19-50-54(48,49)53-23-16-27(51-24(23)18-42)41-17-22(36)30(44)39-33(41)46/h9-15,17,23-25,27-28,31,42,47H,16,18-20H2,1-8H3,(H,48,49)(H,39,44,46)(H,37,38,43,45)/t23?,24-,25+,27-,28?,31+,35?/m1/s1. The van der Waals surface area contributed by atoms with Crippen molar-refractivity contribution in [2.45, 2.75) is 113 Å². The van der Waals surface area contributed by atoms with E-state index in [9.17, 15) is 43.2 Å². The van der Waals surface area contributed by atoms with Crippen molar-refractivity contribution in [3.63, 3.8) is 0 Å². The first-order valence-electron chi connectivity index (χ1n) is 18.1. The van der Waals surface area contributed by atoms with Crippen molar-refractivity contribution in [3.8, 4) is 0 Å². The molecule has 0 aliphatic carbocycles. The minimum Gasteiger partial charge on any atom is -0.394 e. The van der Waals surface area contributed by atoms with E-state index in [2.05, 4.69) is 63.8 Å². The molecule has 0 bridgehead atoms. The summed E-state index contributed by atoms with van der Waals surface area (Å²) >= 11 is 0. The molecule has 308 valence electrons. The molecule has 1 amide bonds. The van der Waals surface area contributed by atoms with Gasteiger partial charge in [0.1, 0.15) is 36.6 Å². The van der Waals surface area contributed by atoms with Crippen molar-refractivity contribution in [1.82, 2.24) is 19.1 Å². The van der Waals surface area contributed by atoms with E-state index in [4.69, 9.17) is 18.5 Å². The summed E-state index contributed by atoms with van der Waals surface area (Å²) in [5, 5.41) is 25.2. The van der Waals surface area contributed by atoms with Crippen LogP contribution in [0.3, 0.4) is 0 Å². The van der Waals surface area contributed by atoms with Gasteiger partial charge >= 0.3 is 19.2 Å². The number of hydrogen-bond donors (Lipinski definition) is 5.